The summed E-state index contributed by atoms with van der Waals surface area (Å²) in [5.74, 6) is 6.67. The normalized spacial score (nSPS) is 12.6. The molecule has 5 nitrogen and oxygen atoms in total. The molecule has 0 saturated carbocycles. The number of nitrogens with zero attached hydrogens (tertiary/aromatic N) is 3. The summed E-state index contributed by atoms with van der Waals surface area (Å²) in [6.45, 7) is 5.07. The van der Waals surface area contributed by atoms with Crippen LogP contribution >= 0.6 is 15.9 Å². The Kier molecular flexibility index (Phi) is 5.28. The molecule has 1 unspecified atom stereocenters. The Hall–Kier alpha value is -1.24. The van der Waals surface area contributed by atoms with Gasteiger partial charge in [0.05, 0.1) is 6.04 Å². The molecule has 108 valence electrons. The number of hydrogen-bond acceptors (Lipinski definition) is 4. The minimum absolute atomic E-state index is 0.00443. The van der Waals surface area contributed by atoms with Crippen molar-refractivity contribution in [3.05, 3.63) is 46.0 Å². The van der Waals surface area contributed by atoms with Gasteiger partial charge in [0.2, 0.25) is 0 Å². The molecule has 0 amide bonds. The lowest BCUT2D eigenvalue weighted by Gasteiger charge is -2.18. The van der Waals surface area contributed by atoms with E-state index in [4.69, 9.17) is 5.84 Å². The molecule has 1 aromatic carbocycles. The number of rotatable bonds is 6. The van der Waals surface area contributed by atoms with Crippen molar-refractivity contribution < 1.29 is 0 Å². The van der Waals surface area contributed by atoms with Gasteiger partial charge in [-0.3, -0.25) is 16.0 Å². The van der Waals surface area contributed by atoms with Gasteiger partial charge in [-0.05, 0) is 30.5 Å². The molecule has 0 bridgehead atoms. The van der Waals surface area contributed by atoms with Crippen molar-refractivity contribution >= 4 is 15.9 Å². The van der Waals surface area contributed by atoms with Crippen molar-refractivity contribution in [1.29, 1.82) is 0 Å². The van der Waals surface area contributed by atoms with Crippen molar-refractivity contribution in [3.8, 4) is 0 Å². The molecule has 0 fully saturated rings. The first kappa shape index (κ1) is 15.2. The molecule has 1 heterocycles. The molecule has 2 rings (SSSR count). The highest BCUT2D eigenvalue weighted by atomic mass is 79.9. The predicted octanol–water partition coefficient (Wildman–Crippen LogP) is 2.51. The van der Waals surface area contributed by atoms with E-state index in [1.165, 1.54) is 5.56 Å². The van der Waals surface area contributed by atoms with Crippen LogP contribution in [-0.4, -0.2) is 14.8 Å². The monoisotopic (exact) mass is 337 g/mol. The Morgan fingerprint density at radius 3 is 2.90 bits per heavy atom. The summed E-state index contributed by atoms with van der Waals surface area (Å²) >= 11 is 3.60. The van der Waals surface area contributed by atoms with E-state index in [0.717, 1.165) is 28.8 Å². The summed E-state index contributed by atoms with van der Waals surface area (Å²) < 4.78 is 2.99. The summed E-state index contributed by atoms with van der Waals surface area (Å²) in [5, 5.41) is 4.25. The predicted molar refractivity (Wildman–Crippen MR) is 83.0 cm³/mol. The molecule has 0 aliphatic carbocycles. The largest absolute Gasteiger partial charge is 0.271 e. The molecule has 0 aliphatic heterocycles. The van der Waals surface area contributed by atoms with Crippen LogP contribution in [0.15, 0.2) is 29.0 Å². The van der Waals surface area contributed by atoms with Gasteiger partial charge in [0, 0.05) is 17.4 Å². The van der Waals surface area contributed by atoms with Gasteiger partial charge in [-0.15, -0.1) is 0 Å². The second-order valence-electron chi connectivity index (χ2n) is 4.85. The first-order valence-corrected chi connectivity index (χ1v) is 7.53. The molecule has 1 atom stereocenters. The Balaban J connectivity index is 2.22. The highest BCUT2D eigenvalue weighted by molar-refractivity contribution is 9.10. The lowest BCUT2D eigenvalue weighted by molar-refractivity contribution is 0.498. The van der Waals surface area contributed by atoms with Gasteiger partial charge in [0.15, 0.2) is 0 Å². The molecular weight excluding hydrogens is 318 g/mol. The van der Waals surface area contributed by atoms with Crippen molar-refractivity contribution in [2.75, 3.05) is 0 Å². The minimum atomic E-state index is 0.00443. The zero-order valence-corrected chi connectivity index (χ0v) is 13.4. The molecule has 0 spiro atoms. The number of aryl methyl sites for hydroxylation is 2. The van der Waals surface area contributed by atoms with Crippen molar-refractivity contribution in [3.63, 3.8) is 0 Å². The minimum Gasteiger partial charge on any atom is -0.271 e. The van der Waals surface area contributed by atoms with E-state index in [1.807, 2.05) is 4.68 Å². The molecule has 1 aromatic heterocycles. The summed E-state index contributed by atoms with van der Waals surface area (Å²) in [7, 11) is 0. The topological polar surface area (TPSA) is 68.8 Å². The second kappa shape index (κ2) is 6.97. The Morgan fingerprint density at radius 1 is 1.45 bits per heavy atom. The lowest BCUT2D eigenvalue weighted by Crippen LogP contribution is -2.30. The third-order valence-electron chi connectivity index (χ3n) is 3.25. The Bertz CT molecular complexity index is 566. The average molecular weight is 338 g/mol. The summed E-state index contributed by atoms with van der Waals surface area (Å²) in [5.41, 5.74) is 5.22. The number of nitrogens with one attached hydrogen (secondary N) is 1. The van der Waals surface area contributed by atoms with Crippen LogP contribution in [0.5, 0.6) is 0 Å². The molecule has 20 heavy (non-hydrogen) atoms. The van der Waals surface area contributed by atoms with Crippen LogP contribution in [0.3, 0.4) is 0 Å². The van der Waals surface area contributed by atoms with Crippen molar-refractivity contribution in [2.24, 2.45) is 5.84 Å². The van der Waals surface area contributed by atoms with E-state index in [2.05, 4.69) is 63.5 Å². The van der Waals surface area contributed by atoms with E-state index < -0.39 is 0 Å². The number of halogens is 1. The third kappa shape index (κ3) is 3.45. The summed E-state index contributed by atoms with van der Waals surface area (Å²) in [6, 6.07) is 6.27. The van der Waals surface area contributed by atoms with Gasteiger partial charge in [0.25, 0.3) is 0 Å². The number of hydrogen-bond donors (Lipinski definition) is 2. The van der Waals surface area contributed by atoms with E-state index in [0.29, 0.717) is 6.42 Å². The maximum Gasteiger partial charge on any atom is 0.138 e. The van der Waals surface area contributed by atoms with Gasteiger partial charge in [-0.2, -0.15) is 5.10 Å². The zero-order chi connectivity index (χ0) is 14.5. The van der Waals surface area contributed by atoms with Crippen LogP contribution in [0.2, 0.25) is 0 Å². The maximum absolute atomic E-state index is 5.72. The molecular formula is C14H20BrN5. The van der Waals surface area contributed by atoms with E-state index in [9.17, 15) is 0 Å². The van der Waals surface area contributed by atoms with E-state index in [1.54, 1.807) is 6.33 Å². The number of hydrazine groups is 1. The Morgan fingerprint density at radius 2 is 2.25 bits per heavy atom. The van der Waals surface area contributed by atoms with E-state index in [-0.39, 0.29) is 6.04 Å². The fourth-order valence-corrected chi connectivity index (χ4v) is 2.97. The van der Waals surface area contributed by atoms with Crippen LogP contribution in [0, 0.1) is 6.92 Å². The van der Waals surface area contributed by atoms with Crippen LogP contribution in [0.1, 0.15) is 36.3 Å². The zero-order valence-electron chi connectivity index (χ0n) is 11.8. The van der Waals surface area contributed by atoms with E-state index >= 15 is 0 Å². The fourth-order valence-electron chi connectivity index (χ4n) is 2.20. The van der Waals surface area contributed by atoms with Gasteiger partial charge >= 0.3 is 0 Å². The lowest BCUT2D eigenvalue weighted by atomic mass is 10.0. The maximum atomic E-state index is 5.72. The first-order valence-electron chi connectivity index (χ1n) is 6.74. The van der Waals surface area contributed by atoms with Crippen LogP contribution in [0.25, 0.3) is 0 Å². The summed E-state index contributed by atoms with van der Waals surface area (Å²) in [4.78, 5) is 4.34. The van der Waals surface area contributed by atoms with Gasteiger partial charge in [0.1, 0.15) is 12.2 Å². The van der Waals surface area contributed by atoms with Gasteiger partial charge in [-0.25, -0.2) is 4.98 Å². The van der Waals surface area contributed by atoms with Crippen LogP contribution < -0.4 is 11.3 Å². The molecule has 3 N–H and O–H groups in total. The third-order valence-corrected chi connectivity index (χ3v) is 3.94. The fraction of sp³-hybridized carbons (Fsp3) is 0.429. The standard InChI is InChI=1S/C14H20BrN5/c1-3-6-20-14(17-9-18-20)8-13(19-16)11-5-4-10(2)7-12(11)15/h4-5,7,9,13,19H,3,6,8,16H2,1-2H3. The molecule has 0 aliphatic rings. The quantitative estimate of drug-likeness (QED) is 0.627. The first-order chi connectivity index (χ1) is 9.65. The second-order valence-corrected chi connectivity index (χ2v) is 5.70. The SMILES string of the molecule is CCCn1ncnc1CC(NN)c1ccc(C)cc1Br. The molecule has 2 aromatic rings. The summed E-state index contributed by atoms with van der Waals surface area (Å²) in [6.07, 6.45) is 3.34. The number of aromatic nitrogens is 3. The van der Waals surface area contributed by atoms with Crippen LogP contribution in [-0.2, 0) is 13.0 Å². The smallest absolute Gasteiger partial charge is 0.138 e. The Labute approximate surface area is 127 Å². The highest BCUT2D eigenvalue weighted by Gasteiger charge is 2.17. The number of nitrogens with two attached hydrogens (primary N) is 1. The van der Waals surface area contributed by atoms with Crippen molar-refractivity contribution in [2.45, 2.75) is 39.3 Å². The molecule has 0 radical (unpaired) electrons. The van der Waals surface area contributed by atoms with Crippen LogP contribution in [0.4, 0.5) is 0 Å². The van der Waals surface area contributed by atoms with Gasteiger partial charge in [-0.1, -0.05) is 35.0 Å². The molecule has 6 heteroatoms. The number of benzene rings is 1. The average Bonchev–Trinajstić information content (AvgIpc) is 2.84. The van der Waals surface area contributed by atoms with Gasteiger partial charge < -0.3 is 0 Å². The molecule has 0 saturated heterocycles. The highest BCUT2D eigenvalue weighted by Crippen LogP contribution is 2.26. The van der Waals surface area contributed by atoms with Crippen molar-refractivity contribution in [1.82, 2.24) is 20.2 Å².